The van der Waals surface area contributed by atoms with E-state index in [0.717, 1.165) is 23.5 Å². The number of nitrogens with zero attached hydrogens (tertiary/aromatic N) is 2. The van der Waals surface area contributed by atoms with Gasteiger partial charge in [-0.15, -0.1) is 11.3 Å². The molecule has 0 aliphatic carbocycles. The third-order valence-corrected chi connectivity index (χ3v) is 4.00. The molecule has 1 aliphatic heterocycles. The first-order valence-corrected chi connectivity index (χ1v) is 6.77. The Hall–Kier alpha value is -0.920. The van der Waals surface area contributed by atoms with Crippen molar-refractivity contribution in [3.8, 4) is 6.07 Å². The SMILES string of the molecule is CC(C)(C)c1csc(CC2(C#N)CCOC2)n1. The van der Waals surface area contributed by atoms with Gasteiger partial charge in [0.05, 0.1) is 28.8 Å². The summed E-state index contributed by atoms with van der Waals surface area (Å²) in [4.78, 5) is 4.65. The summed E-state index contributed by atoms with van der Waals surface area (Å²) in [5, 5.41) is 12.5. The Morgan fingerprint density at radius 2 is 2.35 bits per heavy atom. The van der Waals surface area contributed by atoms with E-state index in [1.165, 1.54) is 0 Å². The summed E-state index contributed by atoms with van der Waals surface area (Å²) in [5.41, 5.74) is 0.859. The number of rotatable bonds is 2. The zero-order chi connectivity index (χ0) is 12.5. The van der Waals surface area contributed by atoms with Gasteiger partial charge >= 0.3 is 0 Å². The smallest absolute Gasteiger partial charge is 0.0945 e. The number of ether oxygens (including phenoxy) is 1. The van der Waals surface area contributed by atoms with Crippen molar-refractivity contribution < 1.29 is 4.74 Å². The fourth-order valence-electron chi connectivity index (χ4n) is 1.90. The van der Waals surface area contributed by atoms with Crippen molar-refractivity contribution in [1.82, 2.24) is 4.98 Å². The number of thiazole rings is 1. The van der Waals surface area contributed by atoms with Crippen LogP contribution in [0.2, 0.25) is 0 Å². The van der Waals surface area contributed by atoms with Crippen molar-refractivity contribution >= 4 is 11.3 Å². The molecule has 1 aromatic rings. The van der Waals surface area contributed by atoms with Crippen molar-refractivity contribution in [2.24, 2.45) is 5.41 Å². The van der Waals surface area contributed by atoms with Crippen LogP contribution in [0.1, 0.15) is 37.9 Å². The van der Waals surface area contributed by atoms with E-state index in [1.54, 1.807) is 11.3 Å². The highest BCUT2D eigenvalue weighted by molar-refractivity contribution is 7.09. The van der Waals surface area contributed by atoms with Gasteiger partial charge in [-0.25, -0.2) is 4.98 Å². The molecule has 0 spiro atoms. The Kier molecular flexibility index (Phi) is 3.24. The zero-order valence-electron chi connectivity index (χ0n) is 10.6. The summed E-state index contributed by atoms with van der Waals surface area (Å²) >= 11 is 1.66. The predicted octanol–water partition coefficient (Wildman–Crippen LogP) is 2.91. The molecule has 1 unspecified atom stereocenters. The minimum Gasteiger partial charge on any atom is -0.380 e. The Morgan fingerprint density at radius 3 is 2.82 bits per heavy atom. The van der Waals surface area contributed by atoms with E-state index in [0.29, 0.717) is 13.2 Å². The Bertz CT molecular complexity index is 433. The lowest BCUT2D eigenvalue weighted by atomic mass is 9.86. The highest BCUT2D eigenvalue weighted by Crippen LogP contribution is 2.34. The molecule has 0 bridgehead atoms. The van der Waals surface area contributed by atoms with E-state index in [4.69, 9.17) is 4.74 Å². The first kappa shape index (κ1) is 12.5. The summed E-state index contributed by atoms with van der Waals surface area (Å²) < 4.78 is 5.35. The van der Waals surface area contributed by atoms with Crippen LogP contribution in [0.15, 0.2) is 5.38 Å². The normalized spacial score (nSPS) is 24.8. The fraction of sp³-hybridized carbons (Fsp3) is 0.692. The van der Waals surface area contributed by atoms with Gasteiger partial charge in [0, 0.05) is 23.8 Å². The van der Waals surface area contributed by atoms with E-state index in [2.05, 4.69) is 37.2 Å². The third kappa shape index (κ3) is 2.67. The molecule has 92 valence electrons. The van der Waals surface area contributed by atoms with Crippen molar-refractivity contribution in [3.63, 3.8) is 0 Å². The van der Waals surface area contributed by atoms with Crippen LogP contribution in [0.3, 0.4) is 0 Å². The molecule has 1 aliphatic rings. The number of nitriles is 1. The van der Waals surface area contributed by atoms with E-state index in [-0.39, 0.29) is 10.8 Å². The Labute approximate surface area is 106 Å². The Balaban J connectivity index is 2.14. The molecule has 0 aromatic carbocycles. The van der Waals surface area contributed by atoms with E-state index >= 15 is 0 Å². The van der Waals surface area contributed by atoms with E-state index in [1.807, 2.05) is 0 Å². The van der Waals surface area contributed by atoms with Crippen molar-refractivity contribution in [2.45, 2.75) is 39.0 Å². The van der Waals surface area contributed by atoms with Crippen LogP contribution in [0.5, 0.6) is 0 Å². The van der Waals surface area contributed by atoms with Gasteiger partial charge in [-0.3, -0.25) is 0 Å². The maximum atomic E-state index is 9.29. The molecule has 0 radical (unpaired) electrons. The summed E-state index contributed by atoms with van der Waals surface area (Å²) in [5.74, 6) is 0. The van der Waals surface area contributed by atoms with E-state index < -0.39 is 0 Å². The van der Waals surface area contributed by atoms with Crippen LogP contribution in [-0.2, 0) is 16.6 Å². The average Bonchev–Trinajstić information content (AvgIpc) is 2.87. The molecule has 0 saturated carbocycles. The van der Waals surface area contributed by atoms with Gasteiger partial charge in [0.1, 0.15) is 0 Å². The largest absolute Gasteiger partial charge is 0.380 e. The molecule has 1 atom stereocenters. The maximum absolute atomic E-state index is 9.29. The second-order valence-corrected chi connectivity index (χ2v) is 6.69. The van der Waals surface area contributed by atoms with Gasteiger partial charge < -0.3 is 4.74 Å². The summed E-state index contributed by atoms with van der Waals surface area (Å²) in [6.07, 6.45) is 1.55. The first-order chi connectivity index (χ1) is 7.95. The summed E-state index contributed by atoms with van der Waals surface area (Å²) in [6, 6.07) is 2.42. The molecule has 1 aromatic heterocycles. The maximum Gasteiger partial charge on any atom is 0.0945 e. The summed E-state index contributed by atoms with van der Waals surface area (Å²) in [6.45, 7) is 7.72. The minimum atomic E-state index is -0.340. The molecular weight excluding hydrogens is 232 g/mol. The highest BCUT2D eigenvalue weighted by atomic mass is 32.1. The topological polar surface area (TPSA) is 45.9 Å². The van der Waals surface area contributed by atoms with Crippen LogP contribution in [0.25, 0.3) is 0 Å². The van der Waals surface area contributed by atoms with Gasteiger partial charge in [-0.1, -0.05) is 20.8 Å². The number of aromatic nitrogens is 1. The molecule has 2 rings (SSSR count). The molecule has 0 amide bonds. The molecule has 1 fully saturated rings. The average molecular weight is 250 g/mol. The molecule has 2 heterocycles. The van der Waals surface area contributed by atoms with Gasteiger partial charge in [0.15, 0.2) is 0 Å². The summed E-state index contributed by atoms with van der Waals surface area (Å²) in [7, 11) is 0. The van der Waals surface area contributed by atoms with Gasteiger partial charge in [-0.2, -0.15) is 5.26 Å². The quantitative estimate of drug-likeness (QED) is 0.810. The number of hydrogen-bond donors (Lipinski definition) is 0. The monoisotopic (exact) mass is 250 g/mol. The van der Waals surface area contributed by atoms with Gasteiger partial charge in [0.25, 0.3) is 0 Å². The molecular formula is C13H18N2OS. The lowest BCUT2D eigenvalue weighted by molar-refractivity contribution is 0.171. The van der Waals surface area contributed by atoms with Crippen molar-refractivity contribution in [3.05, 3.63) is 16.1 Å². The molecule has 3 nitrogen and oxygen atoms in total. The lowest BCUT2D eigenvalue weighted by Crippen LogP contribution is -2.22. The second-order valence-electron chi connectivity index (χ2n) is 5.75. The van der Waals surface area contributed by atoms with Crippen LogP contribution in [0, 0.1) is 16.7 Å². The standard InChI is InChI=1S/C13H18N2OS/c1-12(2,3)10-7-17-11(15-10)6-13(8-14)4-5-16-9-13/h7H,4-6,9H2,1-3H3. The molecule has 4 heteroatoms. The first-order valence-electron chi connectivity index (χ1n) is 5.89. The van der Waals surface area contributed by atoms with Crippen LogP contribution in [0.4, 0.5) is 0 Å². The van der Waals surface area contributed by atoms with Gasteiger partial charge in [-0.05, 0) is 6.42 Å². The van der Waals surface area contributed by atoms with Crippen LogP contribution in [-0.4, -0.2) is 18.2 Å². The van der Waals surface area contributed by atoms with Gasteiger partial charge in [0.2, 0.25) is 0 Å². The molecule has 0 N–H and O–H groups in total. The fourth-order valence-corrected chi connectivity index (χ4v) is 3.07. The van der Waals surface area contributed by atoms with Crippen LogP contribution >= 0.6 is 11.3 Å². The Morgan fingerprint density at radius 1 is 1.59 bits per heavy atom. The van der Waals surface area contributed by atoms with Crippen molar-refractivity contribution in [1.29, 1.82) is 5.26 Å². The van der Waals surface area contributed by atoms with E-state index in [9.17, 15) is 5.26 Å². The highest BCUT2D eigenvalue weighted by Gasteiger charge is 2.36. The van der Waals surface area contributed by atoms with Crippen molar-refractivity contribution in [2.75, 3.05) is 13.2 Å². The lowest BCUT2D eigenvalue weighted by Gasteiger charge is -2.17. The van der Waals surface area contributed by atoms with Crippen LogP contribution < -0.4 is 0 Å². The predicted molar refractivity (Wildman–Crippen MR) is 68.0 cm³/mol. The second kappa shape index (κ2) is 4.40. The number of hydrogen-bond acceptors (Lipinski definition) is 4. The molecule has 1 saturated heterocycles. The minimum absolute atomic E-state index is 0.0841. The molecule has 17 heavy (non-hydrogen) atoms. The third-order valence-electron chi connectivity index (χ3n) is 3.15. The zero-order valence-corrected chi connectivity index (χ0v) is 11.4.